The molecule has 2 fully saturated rings. The van der Waals surface area contributed by atoms with E-state index in [2.05, 4.69) is 9.88 Å². The molecule has 0 unspecified atom stereocenters. The third-order valence-electron chi connectivity index (χ3n) is 4.75. The molecule has 3 heterocycles. The van der Waals surface area contributed by atoms with Crippen molar-refractivity contribution < 1.29 is 9.47 Å². The maximum atomic E-state index is 12.6. The molecule has 2 saturated heterocycles. The molecule has 7 heteroatoms. The minimum Gasteiger partial charge on any atom is -0.357 e. The second-order valence-electron chi connectivity index (χ2n) is 6.70. The van der Waals surface area contributed by atoms with Gasteiger partial charge < -0.3 is 14.4 Å². The Morgan fingerprint density at radius 2 is 1.83 bits per heavy atom. The molecule has 0 aliphatic carbocycles. The first-order valence-electron chi connectivity index (χ1n) is 8.40. The van der Waals surface area contributed by atoms with Crippen LogP contribution in [0.1, 0.15) is 32.3 Å². The molecular formula is C17H25N3O4. The number of allylic oxidation sites excluding steroid dienone is 2. The van der Waals surface area contributed by atoms with E-state index >= 15 is 0 Å². The van der Waals surface area contributed by atoms with Crippen molar-refractivity contribution in [2.24, 2.45) is 7.05 Å². The number of hydrogen-bond acceptors (Lipinski definition) is 5. The van der Waals surface area contributed by atoms with Gasteiger partial charge in [0.15, 0.2) is 5.79 Å². The summed E-state index contributed by atoms with van der Waals surface area (Å²) in [5.74, 6) is 0.157. The van der Waals surface area contributed by atoms with Gasteiger partial charge in [-0.05, 0) is 20.3 Å². The van der Waals surface area contributed by atoms with Gasteiger partial charge in [0.1, 0.15) is 5.82 Å². The third kappa shape index (κ3) is 3.18. The number of anilines is 1. The summed E-state index contributed by atoms with van der Waals surface area (Å²) in [5.41, 5.74) is 1.14. The molecule has 0 amide bonds. The van der Waals surface area contributed by atoms with E-state index in [0.29, 0.717) is 44.1 Å². The molecule has 1 aromatic heterocycles. The van der Waals surface area contributed by atoms with Gasteiger partial charge in [0.05, 0.1) is 18.8 Å². The molecule has 3 rings (SSSR count). The van der Waals surface area contributed by atoms with Gasteiger partial charge in [0, 0.05) is 33.0 Å². The fourth-order valence-corrected chi connectivity index (χ4v) is 3.27. The highest BCUT2D eigenvalue weighted by Gasteiger charge is 2.40. The number of nitrogens with one attached hydrogen (secondary N) is 1. The number of piperidine rings is 1. The van der Waals surface area contributed by atoms with Crippen molar-refractivity contribution >= 4 is 5.82 Å². The maximum absolute atomic E-state index is 12.6. The third-order valence-corrected chi connectivity index (χ3v) is 4.75. The van der Waals surface area contributed by atoms with E-state index in [1.165, 1.54) is 7.05 Å². The average molecular weight is 335 g/mol. The van der Waals surface area contributed by atoms with Crippen LogP contribution in [-0.4, -0.2) is 41.6 Å². The lowest BCUT2D eigenvalue weighted by Gasteiger charge is -2.38. The average Bonchev–Trinajstić information content (AvgIpc) is 3.00. The predicted molar refractivity (Wildman–Crippen MR) is 91.5 cm³/mol. The molecule has 7 nitrogen and oxygen atoms in total. The first kappa shape index (κ1) is 17.0. The maximum Gasteiger partial charge on any atom is 0.329 e. The Balaban J connectivity index is 1.91. The van der Waals surface area contributed by atoms with Gasteiger partial charge in [0.2, 0.25) is 0 Å². The number of aromatic amines is 1. The summed E-state index contributed by atoms with van der Waals surface area (Å²) < 4.78 is 12.6. The summed E-state index contributed by atoms with van der Waals surface area (Å²) >= 11 is 0. The van der Waals surface area contributed by atoms with Gasteiger partial charge in [-0.3, -0.25) is 14.3 Å². The Labute approximate surface area is 140 Å². The number of rotatable bonds is 3. The first-order valence-corrected chi connectivity index (χ1v) is 8.40. The summed E-state index contributed by atoms with van der Waals surface area (Å²) in [6.07, 6.45) is 3.97. The van der Waals surface area contributed by atoms with Crippen LogP contribution in [0.15, 0.2) is 21.2 Å². The highest BCUT2D eigenvalue weighted by Crippen LogP contribution is 2.33. The lowest BCUT2D eigenvalue weighted by atomic mass is 10.0. The van der Waals surface area contributed by atoms with Crippen LogP contribution in [0.5, 0.6) is 0 Å². The van der Waals surface area contributed by atoms with Crippen LogP contribution < -0.4 is 16.1 Å². The van der Waals surface area contributed by atoms with Crippen LogP contribution in [0.4, 0.5) is 5.82 Å². The molecule has 2 aliphatic heterocycles. The summed E-state index contributed by atoms with van der Waals surface area (Å²) in [4.78, 5) is 29.6. The van der Waals surface area contributed by atoms with E-state index in [0.717, 1.165) is 23.0 Å². The summed E-state index contributed by atoms with van der Waals surface area (Å²) in [5, 5.41) is 0. The van der Waals surface area contributed by atoms with Crippen molar-refractivity contribution in [3.05, 3.63) is 38.1 Å². The zero-order chi connectivity index (χ0) is 17.3. The standard InChI is InChI=1S/C17H25N3O4/c1-12(2)4-5-13-14(18-16(22)19(3)15(13)21)20-8-6-17(7-9-20)23-10-11-24-17/h4H,5-11H2,1-3H3,(H,18,22). The van der Waals surface area contributed by atoms with Crippen LogP contribution in [0, 0.1) is 0 Å². The Morgan fingerprint density at radius 1 is 1.21 bits per heavy atom. The van der Waals surface area contributed by atoms with Crippen molar-refractivity contribution in [3.63, 3.8) is 0 Å². The zero-order valence-electron chi connectivity index (χ0n) is 14.6. The topological polar surface area (TPSA) is 76.6 Å². The van der Waals surface area contributed by atoms with Crippen molar-refractivity contribution in [2.75, 3.05) is 31.2 Å². The fraction of sp³-hybridized carbons (Fsp3) is 0.647. The summed E-state index contributed by atoms with van der Waals surface area (Å²) in [7, 11) is 1.50. The van der Waals surface area contributed by atoms with Gasteiger partial charge in [-0.2, -0.15) is 0 Å². The van der Waals surface area contributed by atoms with Gasteiger partial charge in [-0.25, -0.2) is 4.79 Å². The molecule has 0 aromatic carbocycles. The van der Waals surface area contributed by atoms with E-state index < -0.39 is 5.79 Å². The Hall–Kier alpha value is -1.86. The van der Waals surface area contributed by atoms with Gasteiger partial charge in [0.25, 0.3) is 5.56 Å². The number of nitrogens with zero attached hydrogens (tertiary/aromatic N) is 2. The molecule has 0 radical (unpaired) electrons. The number of aromatic nitrogens is 2. The normalized spacial score (nSPS) is 19.7. The van der Waals surface area contributed by atoms with Crippen LogP contribution in [-0.2, 0) is 22.9 Å². The molecule has 132 valence electrons. The summed E-state index contributed by atoms with van der Waals surface area (Å²) in [6, 6.07) is 0. The zero-order valence-corrected chi connectivity index (χ0v) is 14.6. The van der Waals surface area contributed by atoms with E-state index in [-0.39, 0.29) is 11.2 Å². The smallest absolute Gasteiger partial charge is 0.329 e. The van der Waals surface area contributed by atoms with Gasteiger partial charge >= 0.3 is 5.69 Å². The monoisotopic (exact) mass is 335 g/mol. The van der Waals surface area contributed by atoms with Crippen molar-refractivity contribution in [3.8, 4) is 0 Å². The molecule has 0 atom stereocenters. The second kappa shape index (κ2) is 6.57. The molecule has 1 aromatic rings. The van der Waals surface area contributed by atoms with E-state index in [9.17, 15) is 9.59 Å². The van der Waals surface area contributed by atoms with Crippen LogP contribution >= 0.6 is 0 Å². The van der Waals surface area contributed by atoms with Crippen LogP contribution in [0.2, 0.25) is 0 Å². The minimum atomic E-state index is -0.476. The largest absolute Gasteiger partial charge is 0.357 e. The Morgan fingerprint density at radius 3 is 2.42 bits per heavy atom. The lowest BCUT2D eigenvalue weighted by molar-refractivity contribution is -0.169. The predicted octanol–water partition coefficient (Wildman–Crippen LogP) is 0.926. The SMILES string of the molecule is CC(C)=CCc1c(N2CCC3(CC2)OCCO3)[nH]c(=O)n(C)c1=O. The quantitative estimate of drug-likeness (QED) is 0.832. The Kier molecular flexibility index (Phi) is 4.64. The molecule has 1 N–H and O–H groups in total. The number of H-pyrrole nitrogens is 1. The first-order chi connectivity index (χ1) is 11.4. The van der Waals surface area contributed by atoms with E-state index in [4.69, 9.17) is 9.47 Å². The van der Waals surface area contributed by atoms with Gasteiger partial charge in [-0.1, -0.05) is 11.6 Å². The van der Waals surface area contributed by atoms with Crippen molar-refractivity contribution in [1.29, 1.82) is 0 Å². The molecule has 1 spiro atoms. The minimum absolute atomic E-state index is 0.236. The van der Waals surface area contributed by atoms with Crippen LogP contribution in [0.25, 0.3) is 0 Å². The lowest BCUT2D eigenvalue weighted by Crippen LogP contribution is -2.47. The van der Waals surface area contributed by atoms with E-state index in [1.807, 2.05) is 19.9 Å². The Bertz CT molecular complexity index is 742. The van der Waals surface area contributed by atoms with Gasteiger partial charge in [-0.15, -0.1) is 0 Å². The fourth-order valence-electron chi connectivity index (χ4n) is 3.27. The molecule has 0 bridgehead atoms. The van der Waals surface area contributed by atoms with E-state index in [1.54, 1.807) is 0 Å². The van der Waals surface area contributed by atoms with Crippen molar-refractivity contribution in [2.45, 2.75) is 38.9 Å². The molecule has 2 aliphatic rings. The second-order valence-corrected chi connectivity index (χ2v) is 6.70. The molecule has 0 saturated carbocycles. The number of ether oxygens (including phenoxy) is 2. The number of hydrogen-bond donors (Lipinski definition) is 1. The summed E-state index contributed by atoms with van der Waals surface area (Å²) in [6.45, 7) is 6.63. The van der Waals surface area contributed by atoms with Crippen LogP contribution in [0.3, 0.4) is 0 Å². The van der Waals surface area contributed by atoms with Crippen molar-refractivity contribution in [1.82, 2.24) is 9.55 Å². The molecular weight excluding hydrogens is 310 g/mol. The highest BCUT2D eigenvalue weighted by atomic mass is 16.7. The highest BCUT2D eigenvalue weighted by molar-refractivity contribution is 5.47. The molecule has 24 heavy (non-hydrogen) atoms.